The number of halogens is 1. The molecule has 1 aromatic carbocycles. The molecule has 0 spiro atoms. The van der Waals surface area contributed by atoms with E-state index < -0.39 is 36.5 Å². The molecule has 0 bridgehead atoms. The van der Waals surface area contributed by atoms with Gasteiger partial charge >= 0.3 is 0 Å². The molecule has 0 aromatic heterocycles. The van der Waals surface area contributed by atoms with Crippen molar-refractivity contribution < 1.29 is 28.4 Å². The van der Waals surface area contributed by atoms with Crippen molar-refractivity contribution >= 4 is 0 Å². The lowest BCUT2D eigenvalue weighted by atomic mass is 10.0. The molecule has 3 rings (SSSR count). The Kier molecular flexibility index (Phi) is 5.99. The summed E-state index contributed by atoms with van der Waals surface area (Å²) >= 11 is 0. The lowest BCUT2D eigenvalue weighted by Gasteiger charge is -2.27. The zero-order valence-corrected chi connectivity index (χ0v) is 15.9. The smallest absolute Gasteiger partial charge is 0.190 e. The van der Waals surface area contributed by atoms with E-state index in [1.807, 2.05) is 19.9 Å². The minimum Gasteiger partial charge on any atom is -0.391 e. The van der Waals surface area contributed by atoms with Crippen molar-refractivity contribution in [1.29, 1.82) is 0 Å². The Morgan fingerprint density at radius 1 is 1.31 bits per heavy atom. The molecule has 2 saturated heterocycles. The molecule has 0 amide bonds. The highest BCUT2D eigenvalue weighted by atomic mass is 19.1. The molecule has 2 fully saturated rings. The average molecular weight is 368 g/mol. The first kappa shape index (κ1) is 19.7. The van der Waals surface area contributed by atoms with Gasteiger partial charge in [0.25, 0.3) is 0 Å². The standard InChI is InChI=1S/C20H29FO5/c1-5-6-9-14-13(8-7-10-15(14)21)11-23-17-16(12(2)22)24-19-18(17)25-20(3,4)26-19/h7-8,10,12,16-19,22H,5-6,9,11H2,1-4H3/t12-,16-,17+,18-,19-/m1/s1. The van der Waals surface area contributed by atoms with E-state index >= 15 is 0 Å². The van der Waals surface area contributed by atoms with Crippen molar-refractivity contribution in [3.05, 3.63) is 35.1 Å². The highest BCUT2D eigenvalue weighted by molar-refractivity contribution is 5.28. The first-order valence-corrected chi connectivity index (χ1v) is 9.39. The fourth-order valence-electron chi connectivity index (χ4n) is 3.64. The molecule has 1 aromatic rings. The van der Waals surface area contributed by atoms with Crippen LogP contribution in [0.3, 0.4) is 0 Å². The number of unbranched alkanes of at least 4 members (excludes halogenated alkanes) is 1. The van der Waals surface area contributed by atoms with E-state index in [9.17, 15) is 9.50 Å². The summed E-state index contributed by atoms with van der Waals surface area (Å²) in [5, 5.41) is 10.0. The van der Waals surface area contributed by atoms with Crippen LogP contribution in [0.15, 0.2) is 18.2 Å². The van der Waals surface area contributed by atoms with Crippen molar-refractivity contribution in [2.45, 2.75) is 90.1 Å². The molecule has 2 aliphatic heterocycles. The molecule has 2 heterocycles. The van der Waals surface area contributed by atoms with Crippen molar-refractivity contribution in [2.24, 2.45) is 0 Å². The number of hydrogen-bond donors (Lipinski definition) is 1. The van der Waals surface area contributed by atoms with E-state index in [2.05, 4.69) is 6.92 Å². The topological polar surface area (TPSA) is 57.2 Å². The first-order valence-electron chi connectivity index (χ1n) is 9.39. The van der Waals surface area contributed by atoms with Gasteiger partial charge in [-0.15, -0.1) is 0 Å². The average Bonchev–Trinajstić information content (AvgIpc) is 3.04. The molecule has 1 N–H and O–H groups in total. The Labute approximate surface area is 154 Å². The monoisotopic (exact) mass is 368 g/mol. The molecule has 146 valence electrons. The summed E-state index contributed by atoms with van der Waals surface area (Å²) < 4.78 is 37.8. The van der Waals surface area contributed by atoms with Gasteiger partial charge in [-0.2, -0.15) is 0 Å². The molecule has 6 heteroatoms. The minimum absolute atomic E-state index is 0.200. The van der Waals surface area contributed by atoms with Crippen molar-refractivity contribution in [2.75, 3.05) is 0 Å². The third kappa shape index (κ3) is 4.10. The number of fused-ring (bicyclic) bond motifs is 1. The van der Waals surface area contributed by atoms with Gasteiger partial charge < -0.3 is 24.1 Å². The Hall–Kier alpha value is -1.05. The van der Waals surface area contributed by atoms with Crippen LogP contribution in [0.1, 0.15) is 51.7 Å². The zero-order valence-electron chi connectivity index (χ0n) is 15.9. The van der Waals surface area contributed by atoms with E-state index in [0.29, 0.717) is 12.0 Å². The minimum atomic E-state index is -0.758. The highest BCUT2D eigenvalue weighted by Crippen LogP contribution is 2.40. The van der Waals surface area contributed by atoms with Gasteiger partial charge in [0, 0.05) is 0 Å². The summed E-state index contributed by atoms with van der Waals surface area (Å²) in [4.78, 5) is 0. The number of rotatable bonds is 7. The molecular formula is C20H29FO5. The number of aliphatic hydroxyl groups is 1. The van der Waals surface area contributed by atoms with Gasteiger partial charge in [0.05, 0.1) is 12.7 Å². The quantitative estimate of drug-likeness (QED) is 0.800. The van der Waals surface area contributed by atoms with Gasteiger partial charge in [0.1, 0.15) is 24.1 Å². The van der Waals surface area contributed by atoms with E-state index in [4.69, 9.17) is 18.9 Å². The lowest BCUT2D eigenvalue weighted by molar-refractivity contribution is -0.229. The molecule has 0 unspecified atom stereocenters. The molecule has 0 aliphatic carbocycles. The number of hydrogen-bond acceptors (Lipinski definition) is 5. The van der Waals surface area contributed by atoms with E-state index in [1.54, 1.807) is 13.0 Å². The summed E-state index contributed by atoms with van der Waals surface area (Å²) in [5.41, 5.74) is 1.52. The third-order valence-electron chi connectivity index (χ3n) is 4.93. The second kappa shape index (κ2) is 7.90. The van der Waals surface area contributed by atoms with Gasteiger partial charge in [-0.25, -0.2) is 4.39 Å². The summed E-state index contributed by atoms with van der Waals surface area (Å²) in [6.45, 7) is 7.61. The normalized spacial score (nSPS) is 31.2. The van der Waals surface area contributed by atoms with E-state index in [1.165, 1.54) is 6.07 Å². The molecule has 5 nitrogen and oxygen atoms in total. The second-order valence-corrected chi connectivity index (χ2v) is 7.57. The number of aliphatic hydroxyl groups excluding tert-OH is 1. The van der Waals surface area contributed by atoms with E-state index in [0.717, 1.165) is 18.4 Å². The highest BCUT2D eigenvalue weighted by Gasteiger charge is 2.56. The maximum atomic E-state index is 14.2. The fraction of sp³-hybridized carbons (Fsp3) is 0.700. The van der Waals surface area contributed by atoms with Crippen LogP contribution in [0.4, 0.5) is 4.39 Å². The molecule has 26 heavy (non-hydrogen) atoms. The van der Waals surface area contributed by atoms with Crippen molar-refractivity contribution in [3.8, 4) is 0 Å². The molecular weight excluding hydrogens is 339 g/mol. The largest absolute Gasteiger partial charge is 0.391 e. The van der Waals surface area contributed by atoms with Gasteiger partial charge in [-0.3, -0.25) is 0 Å². The molecule has 0 saturated carbocycles. The zero-order chi connectivity index (χ0) is 18.9. The van der Waals surface area contributed by atoms with Gasteiger partial charge in [-0.05, 0) is 50.8 Å². The predicted octanol–water partition coefficient (Wildman–Crippen LogP) is 3.31. The number of benzene rings is 1. The summed E-state index contributed by atoms with van der Waals surface area (Å²) in [5.74, 6) is -0.958. The summed E-state index contributed by atoms with van der Waals surface area (Å²) in [7, 11) is 0. The second-order valence-electron chi connectivity index (χ2n) is 7.57. The van der Waals surface area contributed by atoms with Crippen LogP contribution in [-0.2, 0) is 32.0 Å². The summed E-state index contributed by atoms with van der Waals surface area (Å²) in [6.07, 6.45) is -0.141. The first-order chi connectivity index (χ1) is 12.3. The van der Waals surface area contributed by atoms with Crippen LogP contribution in [-0.4, -0.2) is 41.6 Å². The van der Waals surface area contributed by atoms with Crippen LogP contribution >= 0.6 is 0 Å². The maximum absolute atomic E-state index is 14.2. The SMILES string of the molecule is CCCCc1c(F)cccc1CO[C@@H]1[C@H]2OC(C)(C)O[C@H]2O[C@@H]1[C@@H](C)O. The Balaban J connectivity index is 1.74. The summed E-state index contributed by atoms with van der Waals surface area (Å²) in [6, 6.07) is 5.06. The van der Waals surface area contributed by atoms with Crippen molar-refractivity contribution in [3.63, 3.8) is 0 Å². The van der Waals surface area contributed by atoms with Gasteiger partial charge in [0.15, 0.2) is 12.1 Å². The fourth-order valence-corrected chi connectivity index (χ4v) is 3.64. The Bertz CT molecular complexity index is 618. The predicted molar refractivity (Wildman–Crippen MR) is 94.0 cm³/mol. The Morgan fingerprint density at radius 3 is 2.77 bits per heavy atom. The molecule has 2 aliphatic rings. The van der Waals surface area contributed by atoms with Crippen LogP contribution in [0.2, 0.25) is 0 Å². The van der Waals surface area contributed by atoms with Crippen LogP contribution in [0.5, 0.6) is 0 Å². The molecule has 5 atom stereocenters. The van der Waals surface area contributed by atoms with Crippen LogP contribution in [0.25, 0.3) is 0 Å². The van der Waals surface area contributed by atoms with Crippen LogP contribution < -0.4 is 0 Å². The maximum Gasteiger partial charge on any atom is 0.190 e. The van der Waals surface area contributed by atoms with Gasteiger partial charge in [-0.1, -0.05) is 25.5 Å². The molecule has 0 radical (unpaired) electrons. The van der Waals surface area contributed by atoms with Crippen molar-refractivity contribution in [1.82, 2.24) is 0 Å². The van der Waals surface area contributed by atoms with E-state index in [-0.39, 0.29) is 12.4 Å². The Morgan fingerprint density at radius 2 is 2.08 bits per heavy atom. The number of ether oxygens (including phenoxy) is 4. The van der Waals surface area contributed by atoms with Crippen LogP contribution in [0, 0.1) is 5.82 Å². The lowest BCUT2D eigenvalue weighted by Crippen LogP contribution is -2.41. The van der Waals surface area contributed by atoms with Gasteiger partial charge in [0.2, 0.25) is 0 Å². The third-order valence-corrected chi connectivity index (χ3v) is 4.93.